The molecule has 0 aliphatic heterocycles. The summed E-state index contributed by atoms with van der Waals surface area (Å²) in [5.74, 6) is -0.197. The van der Waals surface area contributed by atoms with Crippen LogP contribution in [-0.2, 0) is 4.79 Å². The van der Waals surface area contributed by atoms with Crippen LogP contribution in [0.5, 0.6) is 0 Å². The van der Waals surface area contributed by atoms with Crippen LogP contribution in [0.2, 0.25) is 0 Å². The molecule has 0 saturated carbocycles. The molecule has 0 unspecified atom stereocenters. The van der Waals surface area contributed by atoms with E-state index in [9.17, 15) is 9.90 Å². The Labute approximate surface area is 67.9 Å². The van der Waals surface area contributed by atoms with Crippen LogP contribution in [0.25, 0.3) is 0 Å². The maximum absolute atomic E-state index is 11.3. The Morgan fingerprint density at radius 2 is 1.55 bits per heavy atom. The van der Waals surface area contributed by atoms with Gasteiger partial charge in [0.2, 0.25) is 0 Å². The molecule has 0 fully saturated rings. The molecule has 0 aromatic heterocycles. The predicted octanol–water partition coefficient (Wildman–Crippen LogP) is 1.68. The lowest BCUT2D eigenvalue weighted by Gasteiger charge is -2.16. The lowest BCUT2D eigenvalue weighted by Crippen LogP contribution is -2.32. The average molecular weight is 156 g/mol. The number of hydrogen-bond acceptors (Lipinski definition) is 2. The van der Waals surface area contributed by atoms with Gasteiger partial charge in [0.25, 0.3) is 0 Å². The molecule has 0 atom stereocenters. The average Bonchev–Trinajstić information content (AvgIpc) is 1.82. The summed E-state index contributed by atoms with van der Waals surface area (Å²) >= 11 is 0. The molecule has 0 aromatic carbocycles. The molecule has 1 N–H and O–H groups in total. The Kier molecular flexibility index (Phi) is 3.00. The summed E-state index contributed by atoms with van der Waals surface area (Å²) in [4.78, 5) is 11.3. The van der Waals surface area contributed by atoms with Crippen molar-refractivity contribution in [3.63, 3.8) is 0 Å². The van der Waals surface area contributed by atoms with Gasteiger partial charge in [0.05, 0.1) is 0 Å². The first-order chi connectivity index (χ1) is 4.76. The van der Waals surface area contributed by atoms with E-state index in [0.717, 1.165) is 5.57 Å². The standard InChI is InChI=1S/C9H16O2/c1-6(2)7(3)8(10)9(4,5)11/h11H,1-5H3. The highest BCUT2D eigenvalue weighted by Crippen LogP contribution is 2.13. The molecule has 2 heteroatoms. The molecule has 64 valence electrons. The third-order valence-electron chi connectivity index (χ3n) is 1.65. The molecule has 11 heavy (non-hydrogen) atoms. The number of aliphatic hydroxyl groups is 1. The molecule has 0 spiro atoms. The van der Waals surface area contributed by atoms with Gasteiger partial charge in [0, 0.05) is 0 Å². The first-order valence-electron chi connectivity index (χ1n) is 3.68. The van der Waals surface area contributed by atoms with Crippen molar-refractivity contribution in [3.05, 3.63) is 11.1 Å². The van der Waals surface area contributed by atoms with Crippen molar-refractivity contribution in [3.8, 4) is 0 Å². The minimum atomic E-state index is -1.23. The Morgan fingerprint density at radius 1 is 1.18 bits per heavy atom. The number of rotatable bonds is 2. The van der Waals surface area contributed by atoms with Crippen LogP contribution in [0.15, 0.2) is 11.1 Å². The summed E-state index contributed by atoms with van der Waals surface area (Å²) in [7, 11) is 0. The largest absolute Gasteiger partial charge is 0.382 e. The lowest BCUT2D eigenvalue weighted by molar-refractivity contribution is -0.130. The predicted molar refractivity (Wildman–Crippen MR) is 45.4 cm³/mol. The van der Waals surface area contributed by atoms with Gasteiger partial charge in [-0.05, 0) is 40.2 Å². The third-order valence-corrected chi connectivity index (χ3v) is 1.65. The molecule has 0 rings (SSSR count). The van der Waals surface area contributed by atoms with E-state index in [-0.39, 0.29) is 5.78 Å². The zero-order valence-electron chi connectivity index (χ0n) is 7.86. The molecule has 0 aliphatic carbocycles. The number of hydrogen-bond donors (Lipinski definition) is 1. The first kappa shape index (κ1) is 10.4. The molecule has 0 aliphatic rings. The highest BCUT2D eigenvalue weighted by atomic mass is 16.3. The van der Waals surface area contributed by atoms with Gasteiger partial charge in [-0.1, -0.05) is 5.57 Å². The molecule has 2 nitrogen and oxygen atoms in total. The Hall–Kier alpha value is -0.630. The number of ketones is 1. The molecular weight excluding hydrogens is 140 g/mol. The van der Waals surface area contributed by atoms with Crippen LogP contribution in [-0.4, -0.2) is 16.5 Å². The Balaban J connectivity index is 4.67. The SMILES string of the molecule is CC(C)=C(C)C(=O)C(C)(C)O. The summed E-state index contributed by atoms with van der Waals surface area (Å²) in [6.07, 6.45) is 0. The summed E-state index contributed by atoms with van der Waals surface area (Å²) in [6.45, 7) is 8.46. The second-order valence-corrected chi connectivity index (χ2v) is 3.51. The maximum Gasteiger partial charge on any atom is 0.189 e. The van der Waals surface area contributed by atoms with Crippen LogP contribution in [0.4, 0.5) is 0 Å². The van der Waals surface area contributed by atoms with Crippen molar-refractivity contribution in [2.45, 2.75) is 40.2 Å². The van der Waals surface area contributed by atoms with E-state index in [1.165, 1.54) is 13.8 Å². The Bertz CT molecular complexity index is 190. The van der Waals surface area contributed by atoms with E-state index >= 15 is 0 Å². The van der Waals surface area contributed by atoms with Crippen molar-refractivity contribution < 1.29 is 9.90 Å². The highest BCUT2D eigenvalue weighted by molar-refractivity contribution is 6.01. The zero-order chi connectivity index (χ0) is 9.23. The molecule has 0 heterocycles. The van der Waals surface area contributed by atoms with Gasteiger partial charge < -0.3 is 5.11 Å². The molecule has 0 amide bonds. The van der Waals surface area contributed by atoms with Gasteiger partial charge in [0.1, 0.15) is 5.60 Å². The summed E-state index contributed by atoms with van der Waals surface area (Å²) in [6, 6.07) is 0. The quantitative estimate of drug-likeness (QED) is 0.618. The topological polar surface area (TPSA) is 37.3 Å². The first-order valence-corrected chi connectivity index (χ1v) is 3.68. The van der Waals surface area contributed by atoms with Crippen molar-refractivity contribution >= 4 is 5.78 Å². The van der Waals surface area contributed by atoms with Gasteiger partial charge in [0.15, 0.2) is 5.78 Å². The molecule has 0 radical (unpaired) electrons. The fourth-order valence-corrected chi connectivity index (χ4v) is 0.686. The van der Waals surface area contributed by atoms with Gasteiger partial charge in [-0.15, -0.1) is 0 Å². The van der Waals surface area contributed by atoms with E-state index in [2.05, 4.69) is 0 Å². The van der Waals surface area contributed by atoms with E-state index < -0.39 is 5.60 Å². The second kappa shape index (κ2) is 3.18. The number of carbonyl (C=O) groups excluding carboxylic acids is 1. The van der Waals surface area contributed by atoms with Crippen LogP contribution in [0.1, 0.15) is 34.6 Å². The van der Waals surface area contributed by atoms with E-state index in [1.54, 1.807) is 6.92 Å². The monoisotopic (exact) mass is 156 g/mol. The number of carbonyl (C=O) groups is 1. The minimum Gasteiger partial charge on any atom is -0.382 e. The highest BCUT2D eigenvalue weighted by Gasteiger charge is 2.24. The summed E-state index contributed by atoms with van der Waals surface area (Å²) < 4.78 is 0. The van der Waals surface area contributed by atoms with Crippen LogP contribution < -0.4 is 0 Å². The summed E-state index contributed by atoms with van der Waals surface area (Å²) in [5, 5.41) is 9.32. The molecule has 0 aromatic rings. The third kappa shape index (κ3) is 2.85. The van der Waals surface area contributed by atoms with Crippen LogP contribution in [0, 0.1) is 0 Å². The minimum absolute atomic E-state index is 0.197. The van der Waals surface area contributed by atoms with E-state index in [0.29, 0.717) is 5.57 Å². The van der Waals surface area contributed by atoms with E-state index in [4.69, 9.17) is 0 Å². The van der Waals surface area contributed by atoms with Gasteiger partial charge in [-0.3, -0.25) is 4.79 Å². The van der Waals surface area contributed by atoms with Gasteiger partial charge >= 0.3 is 0 Å². The van der Waals surface area contributed by atoms with Crippen LogP contribution >= 0.6 is 0 Å². The van der Waals surface area contributed by atoms with E-state index in [1.807, 2.05) is 13.8 Å². The second-order valence-electron chi connectivity index (χ2n) is 3.51. The smallest absolute Gasteiger partial charge is 0.189 e. The normalized spacial score (nSPS) is 11.1. The van der Waals surface area contributed by atoms with Crippen molar-refractivity contribution in [1.29, 1.82) is 0 Å². The number of Topliss-reactive ketones (excluding diaryl/α,β-unsaturated/α-hetero) is 1. The van der Waals surface area contributed by atoms with Crippen molar-refractivity contribution in [2.24, 2.45) is 0 Å². The fraction of sp³-hybridized carbons (Fsp3) is 0.667. The van der Waals surface area contributed by atoms with Crippen molar-refractivity contribution in [1.82, 2.24) is 0 Å². The molecular formula is C9H16O2. The maximum atomic E-state index is 11.3. The molecule has 0 saturated heterocycles. The Morgan fingerprint density at radius 3 is 1.64 bits per heavy atom. The number of allylic oxidation sites excluding steroid dienone is 1. The molecule has 0 bridgehead atoms. The van der Waals surface area contributed by atoms with Gasteiger partial charge in [-0.2, -0.15) is 0 Å². The fourth-order valence-electron chi connectivity index (χ4n) is 0.686. The van der Waals surface area contributed by atoms with Crippen LogP contribution in [0.3, 0.4) is 0 Å². The zero-order valence-corrected chi connectivity index (χ0v) is 7.86. The lowest BCUT2D eigenvalue weighted by atomic mass is 9.95. The van der Waals surface area contributed by atoms with Crippen molar-refractivity contribution in [2.75, 3.05) is 0 Å². The van der Waals surface area contributed by atoms with Gasteiger partial charge in [-0.25, -0.2) is 0 Å². The summed E-state index contributed by atoms with van der Waals surface area (Å²) in [5.41, 5.74) is 0.371.